The predicted molar refractivity (Wildman–Crippen MR) is 77.8 cm³/mol. The van der Waals surface area contributed by atoms with Gasteiger partial charge in [0.25, 0.3) is 0 Å². The van der Waals surface area contributed by atoms with E-state index in [4.69, 9.17) is 0 Å². The van der Waals surface area contributed by atoms with Crippen LogP contribution in [0.2, 0.25) is 0 Å². The van der Waals surface area contributed by atoms with E-state index in [1.807, 2.05) is 6.07 Å². The predicted octanol–water partition coefficient (Wildman–Crippen LogP) is 0.662. The molecule has 20 heavy (non-hydrogen) atoms. The molecule has 0 amide bonds. The van der Waals surface area contributed by atoms with E-state index in [9.17, 15) is 8.42 Å². The normalized spacial score (nSPS) is 21.1. The molecule has 1 saturated heterocycles. The van der Waals surface area contributed by atoms with E-state index < -0.39 is 10.0 Å². The van der Waals surface area contributed by atoms with Crippen molar-refractivity contribution in [2.75, 3.05) is 20.1 Å². The van der Waals surface area contributed by atoms with Crippen molar-refractivity contribution < 1.29 is 8.42 Å². The molecule has 0 saturated carbocycles. The number of hydrogen-bond acceptors (Lipinski definition) is 4. The molecule has 2 N–H and O–H groups in total. The quantitative estimate of drug-likeness (QED) is 0.860. The molecule has 3 rings (SSSR count). The lowest BCUT2D eigenvalue weighted by Crippen LogP contribution is -2.43. The molecule has 0 aliphatic carbocycles. The molecule has 1 aromatic carbocycles. The van der Waals surface area contributed by atoms with Crippen LogP contribution in [-0.4, -0.2) is 39.5 Å². The molecule has 6 heteroatoms. The van der Waals surface area contributed by atoms with Crippen molar-refractivity contribution in [3.63, 3.8) is 0 Å². The van der Waals surface area contributed by atoms with E-state index in [1.54, 1.807) is 12.1 Å². The van der Waals surface area contributed by atoms with Crippen molar-refractivity contribution in [1.82, 2.24) is 14.9 Å². The van der Waals surface area contributed by atoms with Gasteiger partial charge < -0.3 is 10.2 Å². The van der Waals surface area contributed by atoms with Crippen molar-refractivity contribution in [2.24, 2.45) is 0 Å². The molecule has 110 valence electrons. The zero-order chi connectivity index (χ0) is 14.2. The van der Waals surface area contributed by atoms with Crippen LogP contribution in [0.15, 0.2) is 23.1 Å². The van der Waals surface area contributed by atoms with E-state index in [1.165, 1.54) is 5.56 Å². The minimum atomic E-state index is -3.40. The third-order valence-electron chi connectivity index (χ3n) is 4.16. The van der Waals surface area contributed by atoms with Crippen LogP contribution in [0.1, 0.15) is 24.0 Å². The fourth-order valence-corrected chi connectivity index (χ4v) is 4.21. The summed E-state index contributed by atoms with van der Waals surface area (Å²) < 4.78 is 27.7. The lowest BCUT2D eigenvalue weighted by molar-refractivity contribution is 0.248. The van der Waals surface area contributed by atoms with Crippen LogP contribution in [0.4, 0.5) is 0 Å². The molecule has 1 aromatic rings. The van der Waals surface area contributed by atoms with Gasteiger partial charge in [0.1, 0.15) is 0 Å². The summed E-state index contributed by atoms with van der Waals surface area (Å²) in [6, 6.07) is 5.48. The number of fused-ring (bicyclic) bond motifs is 1. The van der Waals surface area contributed by atoms with Crippen LogP contribution in [0, 0.1) is 0 Å². The number of nitrogens with zero attached hydrogens (tertiary/aromatic N) is 1. The molecule has 5 nitrogen and oxygen atoms in total. The zero-order valence-electron chi connectivity index (χ0n) is 11.7. The standard InChI is InChI=1S/C14H21N3O2S/c1-17-6-4-13(5-7-17)16-20(18,19)14-3-2-11-9-15-10-12(11)8-14/h2-3,8,13,15-16H,4-7,9-10H2,1H3. The van der Waals surface area contributed by atoms with Crippen LogP contribution in [0.5, 0.6) is 0 Å². The van der Waals surface area contributed by atoms with E-state index in [0.717, 1.165) is 44.6 Å². The Kier molecular flexibility index (Phi) is 3.81. The van der Waals surface area contributed by atoms with Gasteiger partial charge >= 0.3 is 0 Å². The van der Waals surface area contributed by atoms with E-state index in [-0.39, 0.29) is 6.04 Å². The van der Waals surface area contributed by atoms with Gasteiger partial charge in [0.05, 0.1) is 4.90 Å². The van der Waals surface area contributed by atoms with E-state index >= 15 is 0 Å². The van der Waals surface area contributed by atoms with Crippen molar-refractivity contribution in [1.29, 1.82) is 0 Å². The molecule has 0 atom stereocenters. The highest BCUT2D eigenvalue weighted by atomic mass is 32.2. The lowest BCUT2D eigenvalue weighted by Gasteiger charge is -2.29. The average Bonchev–Trinajstić information content (AvgIpc) is 2.88. The first-order valence-electron chi connectivity index (χ1n) is 7.08. The highest BCUT2D eigenvalue weighted by Crippen LogP contribution is 2.21. The van der Waals surface area contributed by atoms with Gasteiger partial charge in [-0.15, -0.1) is 0 Å². The number of sulfonamides is 1. The minimum Gasteiger partial charge on any atom is -0.309 e. The Bertz CT molecular complexity index is 592. The number of rotatable bonds is 3. The number of likely N-dealkylation sites (tertiary alicyclic amines) is 1. The molecule has 0 bridgehead atoms. The Morgan fingerprint density at radius 1 is 1.20 bits per heavy atom. The summed E-state index contributed by atoms with van der Waals surface area (Å²) in [4.78, 5) is 2.62. The van der Waals surface area contributed by atoms with Gasteiger partial charge in [-0.05, 0) is 56.2 Å². The second-order valence-electron chi connectivity index (χ2n) is 5.73. The molecule has 0 unspecified atom stereocenters. The second-order valence-corrected chi connectivity index (χ2v) is 7.45. The summed E-state index contributed by atoms with van der Waals surface area (Å²) in [5.41, 5.74) is 2.29. The summed E-state index contributed by atoms with van der Waals surface area (Å²) in [7, 11) is -1.33. The first-order chi connectivity index (χ1) is 9.54. The Balaban J connectivity index is 1.75. The highest BCUT2D eigenvalue weighted by molar-refractivity contribution is 7.89. The Labute approximate surface area is 120 Å². The molecule has 2 aliphatic heterocycles. The fourth-order valence-electron chi connectivity index (χ4n) is 2.85. The number of hydrogen-bond donors (Lipinski definition) is 2. The number of nitrogens with one attached hydrogen (secondary N) is 2. The van der Waals surface area contributed by atoms with Crippen LogP contribution in [0.25, 0.3) is 0 Å². The van der Waals surface area contributed by atoms with Crippen LogP contribution in [-0.2, 0) is 23.1 Å². The summed E-state index contributed by atoms with van der Waals surface area (Å²) in [5, 5.41) is 3.23. The Hall–Kier alpha value is -0.950. The molecule has 0 radical (unpaired) electrons. The van der Waals surface area contributed by atoms with Crippen molar-refractivity contribution in [3.05, 3.63) is 29.3 Å². The first-order valence-corrected chi connectivity index (χ1v) is 8.56. The summed E-state index contributed by atoms with van der Waals surface area (Å²) >= 11 is 0. The topological polar surface area (TPSA) is 61.4 Å². The van der Waals surface area contributed by atoms with Gasteiger partial charge in [-0.25, -0.2) is 13.1 Å². The maximum absolute atomic E-state index is 12.4. The molecule has 2 heterocycles. The fraction of sp³-hybridized carbons (Fsp3) is 0.571. The molecular weight excluding hydrogens is 274 g/mol. The third-order valence-corrected chi connectivity index (χ3v) is 5.68. The molecule has 1 fully saturated rings. The van der Waals surface area contributed by atoms with Crippen LogP contribution < -0.4 is 10.0 Å². The highest BCUT2D eigenvalue weighted by Gasteiger charge is 2.24. The maximum atomic E-state index is 12.4. The van der Waals surface area contributed by atoms with Gasteiger partial charge in [0.2, 0.25) is 10.0 Å². The van der Waals surface area contributed by atoms with Crippen molar-refractivity contribution >= 4 is 10.0 Å². The number of benzene rings is 1. The lowest BCUT2D eigenvalue weighted by atomic mass is 10.1. The van der Waals surface area contributed by atoms with Gasteiger partial charge in [-0.1, -0.05) is 6.07 Å². The monoisotopic (exact) mass is 295 g/mol. The van der Waals surface area contributed by atoms with Crippen LogP contribution >= 0.6 is 0 Å². The minimum absolute atomic E-state index is 0.0579. The summed E-state index contributed by atoms with van der Waals surface area (Å²) in [5.74, 6) is 0. The van der Waals surface area contributed by atoms with Gasteiger partial charge in [0.15, 0.2) is 0 Å². The Morgan fingerprint density at radius 3 is 2.65 bits per heavy atom. The average molecular weight is 295 g/mol. The van der Waals surface area contributed by atoms with Gasteiger partial charge in [-0.2, -0.15) is 0 Å². The summed E-state index contributed by atoms with van der Waals surface area (Å²) in [6.07, 6.45) is 1.75. The molecule has 0 spiro atoms. The number of piperidine rings is 1. The molecule has 2 aliphatic rings. The van der Waals surface area contributed by atoms with Gasteiger partial charge in [0, 0.05) is 19.1 Å². The molecular formula is C14H21N3O2S. The van der Waals surface area contributed by atoms with Crippen LogP contribution in [0.3, 0.4) is 0 Å². The first kappa shape index (κ1) is 14.0. The van der Waals surface area contributed by atoms with Crippen molar-refractivity contribution in [2.45, 2.75) is 36.9 Å². The van der Waals surface area contributed by atoms with E-state index in [2.05, 4.69) is 22.0 Å². The maximum Gasteiger partial charge on any atom is 0.240 e. The second kappa shape index (κ2) is 5.44. The van der Waals surface area contributed by atoms with E-state index in [0.29, 0.717) is 4.90 Å². The third kappa shape index (κ3) is 2.88. The zero-order valence-corrected chi connectivity index (χ0v) is 12.5. The smallest absolute Gasteiger partial charge is 0.240 e. The Morgan fingerprint density at radius 2 is 1.90 bits per heavy atom. The van der Waals surface area contributed by atoms with Crippen molar-refractivity contribution in [3.8, 4) is 0 Å². The summed E-state index contributed by atoms with van der Waals surface area (Å²) in [6.45, 7) is 3.48. The molecule has 0 aromatic heterocycles. The van der Waals surface area contributed by atoms with Gasteiger partial charge in [-0.3, -0.25) is 0 Å². The SMILES string of the molecule is CN1CCC(NS(=O)(=O)c2ccc3c(c2)CNC3)CC1. The largest absolute Gasteiger partial charge is 0.309 e.